The number of benzene rings is 1. The molecule has 1 aromatic carbocycles. The second-order valence-corrected chi connectivity index (χ2v) is 4.89. The van der Waals surface area contributed by atoms with E-state index >= 15 is 0 Å². The number of aliphatic hydroxyl groups excluding tert-OH is 1. The Morgan fingerprint density at radius 3 is 2.53 bits per heavy atom. The standard InChI is InChI=1S/C14H19FO2/c1-10-9-11(5-6-12(10)15)13(16)14(17-2)7-3-4-8-14/h5-6,9,13,16H,3-4,7-8H2,1-2H3. The summed E-state index contributed by atoms with van der Waals surface area (Å²) < 4.78 is 18.7. The predicted octanol–water partition coefficient (Wildman–Crippen LogP) is 3.13. The molecule has 1 aliphatic carbocycles. The van der Waals surface area contributed by atoms with Gasteiger partial charge in [0.1, 0.15) is 11.9 Å². The van der Waals surface area contributed by atoms with Gasteiger partial charge in [0.2, 0.25) is 0 Å². The van der Waals surface area contributed by atoms with Crippen LogP contribution in [0.1, 0.15) is 42.9 Å². The third-order valence-corrected chi connectivity index (χ3v) is 3.85. The summed E-state index contributed by atoms with van der Waals surface area (Å²) in [5, 5.41) is 10.4. The van der Waals surface area contributed by atoms with Crippen molar-refractivity contribution in [3.05, 3.63) is 35.1 Å². The van der Waals surface area contributed by atoms with E-state index in [0.29, 0.717) is 5.56 Å². The highest BCUT2D eigenvalue weighted by molar-refractivity contribution is 5.27. The number of halogens is 1. The lowest BCUT2D eigenvalue weighted by atomic mass is 9.88. The van der Waals surface area contributed by atoms with E-state index in [1.165, 1.54) is 6.07 Å². The van der Waals surface area contributed by atoms with E-state index in [1.807, 2.05) is 0 Å². The number of ether oxygens (including phenoxy) is 1. The van der Waals surface area contributed by atoms with Gasteiger partial charge in [0.25, 0.3) is 0 Å². The summed E-state index contributed by atoms with van der Waals surface area (Å²) in [7, 11) is 1.64. The monoisotopic (exact) mass is 238 g/mol. The van der Waals surface area contributed by atoms with Crippen LogP contribution in [-0.4, -0.2) is 17.8 Å². The Morgan fingerprint density at radius 2 is 2.00 bits per heavy atom. The summed E-state index contributed by atoms with van der Waals surface area (Å²) in [6.45, 7) is 1.71. The van der Waals surface area contributed by atoms with E-state index in [0.717, 1.165) is 31.2 Å². The van der Waals surface area contributed by atoms with Gasteiger partial charge in [-0.05, 0) is 37.0 Å². The Balaban J connectivity index is 2.29. The molecule has 0 saturated heterocycles. The molecule has 17 heavy (non-hydrogen) atoms. The number of hydrogen-bond acceptors (Lipinski definition) is 2. The summed E-state index contributed by atoms with van der Waals surface area (Å²) >= 11 is 0. The van der Waals surface area contributed by atoms with Gasteiger partial charge in [-0.25, -0.2) is 4.39 Å². The van der Waals surface area contributed by atoms with Gasteiger partial charge in [-0.2, -0.15) is 0 Å². The van der Waals surface area contributed by atoms with E-state index in [4.69, 9.17) is 4.74 Å². The fraction of sp³-hybridized carbons (Fsp3) is 0.571. The zero-order valence-corrected chi connectivity index (χ0v) is 10.4. The molecule has 3 heteroatoms. The number of rotatable bonds is 3. The van der Waals surface area contributed by atoms with Gasteiger partial charge < -0.3 is 9.84 Å². The van der Waals surface area contributed by atoms with Crippen molar-refractivity contribution < 1.29 is 14.2 Å². The molecule has 1 fully saturated rings. The highest BCUT2D eigenvalue weighted by Gasteiger charge is 2.41. The number of aliphatic hydroxyl groups is 1. The normalized spacial score (nSPS) is 20.5. The molecule has 1 saturated carbocycles. The lowest BCUT2D eigenvalue weighted by Gasteiger charge is -2.33. The van der Waals surface area contributed by atoms with Gasteiger partial charge in [-0.3, -0.25) is 0 Å². The molecule has 0 heterocycles. The highest BCUT2D eigenvalue weighted by atomic mass is 19.1. The third-order valence-electron chi connectivity index (χ3n) is 3.85. The van der Waals surface area contributed by atoms with Crippen molar-refractivity contribution in [2.24, 2.45) is 0 Å². The Kier molecular flexibility index (Phi) is 3.50. The Morgan fingerprint density at radius 1 is 1.35 bits per heavy atom. The van der Waals surface area contributed by atoms with Crippen molar-refractivity contribution in [1.82, 2.24) is 0 Å². The van der Waals surface area contributed by atoms with Crippen LogP contribution in [0.4, 0.5) is 4.39 Å². The third kappa shape index (κ3) is 2.22. The molecule has 94 valence electrons. The van der Waals surface area contributed by atoms with Crippen LogP contribution in [-0.2, 0) is 4.74 Å². The number of methoxy groups -OCH3 is 1. The SMILES string of the molecule is COC1(C(O)c2ccc(F)c(C)c2)CCCC1. The average molecular weight is 238 g/mol. The molecular weight excluding hydrogens is 219 g/mol. The molecule has 1 unspecified atom stereocenters. The van der Waals surface area contributed by atoms with E-state index in [-0.39, 0.29) is 5.82 Å². The zero-order valence-electron chi connectivity index (χ0n) is 10.4. The maximum atomic E-state index is 13.2. The van der Waals surface area contributed by atoms with Crippen molar-refractivity contribution in [1.29, 1.82) is 0 Å². The molecule has 2 nitrogen and oxygen atoms in total. The second kappa shape index (κ2) is 4.75. The second-order valence-electron chi connectivity index (χ2n) is 4.89. The summed E-state index contributed by atoms with van der Waals surface area (Å²) in [6, 6.07) is 4.76. The first-order chi connectivity index (χ1) is 8.09. The molecule has 1 N–H and O–H groups in total. The highest BCUT2D eigenvalue weighted by Crippen LogP contribution is 2.42. The van der Waals surface area contributed by atoms with Crippen LogP contribution in [0.15, 0.2) is 18.2 Å². The quantitative estimate of drug-likeness (QED) is 0.876. The Labute approximate surface area is 101 Å². The van der Waals surface area contributed by atoms with E-state index in [9.17, 15) is 9.50 Å². The minimum Gasteiger partial charge on any atom is -0.385 e. The minimum absolute atomic E-state index is 0.237. The van der Waals surface area contributed by atoms with Gasteiger partial charge >= 0.3 is 0 Å². The van der Waals surface area contributed by atoms with E-state index < -0.39 is 11.7 Å². The average Bonchev–Trinajstić information content (AvgIpc) is 2.81. The van der Waals surface area contributed by atoms with Crippen LogP contribution < -0.4 is 0 Å². The van der Waals surface area contributed by atoms with Crippen LogP contribution in [0.5, 0.6) is 0 Å². The molecule has 1 atom stereocenters. The van der Waals surface area contributed by atoms with Crippen LogP contribution in [0, 0.1) is 12.7 Å². The van der Waals surface area contributed by atoms with E-state index in [2.05, 4.69) is 0 Å². The van der Waals surface area contributed by atoms with Crippen molar-refractivity contribution in [3.63, 3.8) is 0 Å². The summed E-state index contributed by atoms with van der Waals surface area (Å²) in [4.78, 5) is 0. The van der Waals surface area contributed by atoms with Gasteiger partial charge in [-0.15, -0.1) is 0 Å². The Hall–Kier alpha value is -0.930. The number of hydrogen-bond donors (Lipinski definition) is 1. The first-order valence-corrected chi connectivity index (χ1v) is 6.08. The predicted molar refractivity (Wildman–Crippen MR) is 64.3 cm³/mol. The van der Waals surface area contributed by atoms with Gasteiger partial charge in [0.05, 0.1) is 5.60 Å². The molecule has 0 radical (unpaired) electrons. The molecule has 1 aliphatic rings. The first-order valence-electron chi connectivity index (χ1n) is 6.08. The lowest BCUT2D eigenvalue weighted by molar-refractivity contribution is -0.100. The molecule has 0 spiro atoms. The van der Waals surface area contributed by atoms with Gasteiger partial charge in [0, 0.05) is 7.11 Å². The van der Waals surface area contributed by atoms with Crippen molar-refractivity contribution in [3.8, 4) is 0 Å². The van der Waals surface area contributed by atoms with Crippen molar-refractivity contribution in [2.45, 2.75) is 44.3 Å². The summed E-state index contributed by atoms with van der Waals surface area (Å²) in [5.41, 5.74) is 0.822. The van der Waals surface area contributed by atoms with Crippen molar-refractivity contribution >= 4 is 0 Å². The zero-order chi connectivity index (χ0) is 12.5. The minimum atomic E-state index is -0.672. The fourth-order valence-corrected chi connectivity index (χ4v) is 2.70. The topological polar surface area (TPSA) is 29.5 Å². The van der Waals surface area contributed by atoms with Crippen molar-refractivity contribution in [2.75, 3.05) is 7.11 Å². The first kappa shape index (κ1) is 12.5. The van der Waals surface area contributed by atoms with Crippen LogP contribution >= 0.6 is 0 Å². The molecule has 1 aromatic rings. The molecule has 0 bridgehead atoms. The molecule has 0 aromatic heterocycles. The molecule has 0 aliphatic heterocycles. The van der Waals surface area contributed by atoms with E-state index in [1.54, 1.807) is 26.2 Å². The van der Waals surface area contributed by atoms with Crippen LogP contribution in [0.2, 0.25) is 0 Å². The molecular formula is C14H19FO2. The van der Waals surface area contributed by atoms with Gasteiger partial charge in [0.15, 0.2) is 0 Å². The smallest absolute Gasteiger partial charge is 0.126 e. The summed E-state index contributed by atoms with van der Waals surface area (Å²) in [5.74, 6) is -0.237. The Bertz CT molecular complexity index is 397. The molecule has 2 rings (SSSR count). The summed E-state index contributed by atoms with van der Waals surface area (Å²) in [6.07, 6.45) is 3.20. The van der Waals surface area contributed by atoms with Gasteiger partial charge in [-0.1, -0.05) is 25.0 Å². The maximum absolute atomic E-state index is 13.2. The van der Waals surface area contributed by atoms with Crippen LogP contribution in [0.25, 0.3) is 0 Å². The van der Waals surface area contributed by atoms with Crippen LogP contribution in [0.3, 0.4) is 0 Å². The maximum Gasteiger partial charge on any atom is 0.126 e. The number of aryl methyl sites for hydroxylation is 1. The largest absolute Gasteiger partial charge is 0.385 e. The fourth-order valence-electron chi connectivity index (χ4n) is 2.70. The molecule has 0 amide bonds. The lowest BCUT2D eigenvalue weighted by Crippen LogP contribution is -2.35.